The number of hydrogen-bond donors (Lipinski definition) is 2. The van der Waals surface area contributed by atoms with Crippen molar-refractivity contribution in [3.05, 3.63) is 40.4 Å². The number of hydrogen-bond acceptors (Lipinski definition) is 5. The summed E-state index contributed by atoms with van der Waals surface area (Å²) in [6.45, 7) is 3.54. The van der Waals surface area contributed by atoms with Gasteiger partial charge in [-0.25, -0.2) is 8.78 Å². The highest BCUT2D eigenvalue weighted by Gasteiger charge is 2.79. The van der Waals surface area contributed by atoms with Gasteiger partial charge >= 0.3 is 11.9 Å². The molecule has 1 spiro atoms. The van der Waals surface area contributed by atoms with Crippen LogP contribution in [0, 0.1) is 11.3 Å². The Labute approximate surface area is 185 Å². The molecule has 0 aliphatic carbocycles. The standard InChI is InChI=1S/C20H18Cl2F2N2O5/c1-3-4-31-17(30)18(2)12-7-19(23,24)8-26(12)20(14(18)15(27)28)10-5-9(21)6-11(22)13(10)25-16(20)29/h3,5-6,12,14H,1,4,7-8H2,2H3,(H,25,29)(H,27,28). The van der Waals surface area contributed by atoms with E-state index >= 15 is 0 Å². The van der Waals surface area contributed by atoms with Crippen molar-refractivity contribution in [2.45, 2.75) is 30.8 Å². The van der Waals surface area contributed by atoms with E-state index in [0.29, 0.717) is 0 Å². The predicted octanol–water partition coefficient (Wildman–Crippen LogP) is 3.30. The van der Waals surface area contributed by atoms with Crippen molar-refractivity contribution in [1.29, 1.82) is 0 Å². The molecule has 2 saturated heterocycles. The van der Waals surface area contributed by atoms with Crippen molar-refractivity contribution < 1.29 is 33.0 Å². The van der Waals surface area contributed by atoms with Crippen LogP contribution < -0.4 is 5.32 Å². The number of nitrogens with zero attached hydrogens (tertiary/aromatic N) is 1. The summed E-state index contributed by atoms with van der Waals surface area (Å²) in [6, 6.07) is 1.39. The van der Waals surface area contributed by atoms with Gasteiger partial charge in [0.15, 0.2) is 0 Å². The van der Waals surface area contributed by atoms with E-state index in [1.807, 2.05) is 0 Å². The van der Waals surface area contributed by atoms with Crippen LogP contribution >= 0.6 is 23.2 Å². The number of carboxylic acids is 1. The summed E-state index contributed by atoms with van der Waals surface area (Å²) in [6.07, 6.45) is 0.467. The summed E-state index contributed by atoms with van der Waals surface area (Å²) >= 11 is 12.3. The largest absolute Gasteiger partial charge is 0.481 e. The molecule has 0 saturated carbocycles. The fourth-order valence-corrected chi connectivity index (χ4v) is 5.94. The lowest BCUT2D eigenvalue weighted by Gasteiger charge is -2.37. The minimum absolute atomic E-state index is 0.0298. The molecular formula is C20H18Cl2F2N2O5. The van der Waals surface area contributed by atoms with E-state index in [1.165, 1.54) is 25.1 Å². The number of alkyl halides is 2. The fraction of sp³-hybridized carbons (Fsp3) is 0.450. The number of benzene rings is 1. The molecule has 2 N–H and O–H groups in total. The highest BCUT2D eigenvalue weighted by Crippen LogP contribution is 2.65. The number of carboxylic acid groups (broad SMARTS) is 1. The number of anilines is 1. The Morgan fingerprint density at radius 2 is 2.10 bits per heavy atom. The number of rotatable bonds is 4. The van der Waals surface area contributed by atoms with Gasteiger partial charge in [-0.1, -0.05) is 35.9 Å². The van der Waals surface area contributed by atoms with Crippen molar-refractivity contribution >= 4 is 46.7 Å². The molecular weight excluding hydrogens is 457 g/mol. The first-order valence-corrected chi connectivity index (χ1v) is 10.1. The van der Waals surface area contributed by atoms with Gasteiger partial charge in [-0.15, -0.1) is 0 Å². The number of ether oxygens (including phenoxy) is 1. The van der Waals surface area contributed by atoms with Gasteiger partial charge < -0.3 is 15.2 Å². The van der Waals surface area contributed by atoms with E-state index in [9.17, 15) is 28.3 Å². The lowest BCUT2D eigenvalue weighted by atomic mass is 9.65. The minimum atomic E-state index is -3.26. The van der Waals surface area contributed by atoms with Crippen molar-refractivity contribution in [2.24, 2.45) is 11.3 Å². The Hall–Kier alpha value is -2.23. The molecule has 0 radical (unpaired) electrons. The number of halogens is 4. The molecule has 3 aliphatic heterocycles. The first-order valence-electron chi connectivity index (χ1n) is 9.37. The molecule has 7 nitrogen and oxygen atoms in total. The Bertz CT molecular complexity index is 1040. The highest BCUT2D eigenvalue weighted by molar-refractivity contribution is 6.38. The SMILES string of the molecule is C=CCOC(=O)C1(C)C2CC(F)(F)CN2C2(C(=O)Nc3c(Cl)cc(Cl)cc32)C1C(=O)O. The molecule has 4 rings (SSSR count). The van der Waals surface area contributed by atoms with Crippen molar-refractivity contribution in [3.63, 3.8) is 0 Å². The molecule has 3 aliphatic rings. The van der Waals surface area contributed by atoms with E-state index in [2.05, 4.69) is 11.9 Å². The van der Waals surface area contributed by atoms with E-state index in [0.717, 1.165) is 4.90 Å². The quantitative estimate of drug-likeness (QED) is 0.513. The summed E-state index contributed by atoms with van der Waals surface area (Å²) < 4.78 is 34.4. The predicted molar refractivity (Wildman–Crippen MR) is 107 cm³/mol. The Morgan fingerprint density at radius 1 is 1.42 bits per heavy atom. The third kappa shape index (κ3) is 2.76. The maximum atomic E-state index is 14.6. The number of amides is 1. The fourth-order valence-electron chi connectivity index (χ4n) is 5.40. The molecule has 11 heteroatoms. The van der Waals surface area contributed by atoms with Crippen LogP contribution in [0.25, 0.3) is 0 Å². The van der Waals surface area contributed by atoms with Crippen LogP contribution in [0.4, 0.5) is 14.5 Å². The van der Waals surface area contributed by atoms with E-state index in [4.69, 9.17) is 27.9 Å². The van der Waals surface area contributed by atoms with Gasteiger partial charge in [0.05, 0.1) is 22.7 Å². The number of esters is 1. The summed E-state index contributed by atoms with van der Waals surface area (Å²) in [4.78, 5) is 40.2. The Morgan fingerprint density at radius 3 is 2.71 bits per heavy atom. The molecule has 1 aromatic carbocycles. The van der Waals surface area contributed by atoms with Crippen LogP contribution in [0.1, 0.15) is 18.9 Å². The van der Waals surface area contributed by atoms with Crippen LogP contribution in [-0.2, 0) is 24.7 Å². The van der Waals surface area contributed by atoms with Crippen LogP contribution in [-0.4, -0.2) is 53.0 Å². The van der Waals surface area contributed by atoms with Crippen molar-refractivity contribution in [2.75, 3.05) is 18.5 Å². The third-order valence-corrected chi connectivity index (χ3v) is 7.02. The highest BCUT2D eigenvalue weighted by atomic mass is 35.5. The Kier molecular flexibility index (Phi) is 4.88. The molecule has 166 valence electrons. The van der Waals surface area contributed by atoms with Crippen LogP contribution in [0.5, 0.6) is 0 Å². The number of aliphatic carboxylic acids is 1. The second-order valence-corrected chi connectivity index (χ2v) is 9.02. The van der Waals surface area contributed by atoms with Gasteiger partial charge in [-0.3, -0.25) is 19.3 Å². The summed E-state index contributed by atoms with van der Waals surface area (Å²) in [5, 5.41) is 12.9. The van der Waals surface area contributed by atoms with Gasteiger partial charge in [0, 0.05) is 23.0 Å². The summed E-state index contributed by atoms with van der Waals surface area (Å²) in [5.74, 6) is -8.36. The van der Waals surface area contributed by atoms with Crippen molar-refractivity contribution in [1.82, 2.24) is 4.90 Å². The molecule has 4 atom stereocenters. The average molecular weight is 475 g/mol. The maximum absolute atomic E-state index is 14.6. The maximum Gasteiger partial charge on any atom is 0.314 e. The zero-order valence-corrected chi connectivity index (χ0v) is 17.8. The topological polar surface area (TPSA) is 95.9 Å². The zero-order valence-electron chi connectivity index (χ0n) is 16.3. The monoisotopic (exact) mass is 474 g/mol. The molecule has 0 bridgehead atoms. The second-order valence-electron chi connectivity index (χ2n) is 8.18. The molecule has 31 heavy (non-hydrogen) atoms. The summed E-state index contributed by atoms with van der Waals surface area (Å²) in [5.41, 5.74) is -3.96. The lowest BCUT2D eigenvalue weighted by molar-refractivity contribution is -0.167. The lowest BCUT2D eigenvalue weighted by Crippen LogP contribution is -2.55. The first-order chi connectivity index (χ1) is 14.4. The normalized spacial score (nSPS) is 33.1. The number of carbonyl (C=O) groups excluding carboxylic acids is 2. The zero-order chi connectivity index (χ0) is 22.9. The minimum Gasteiger partial charge on any atom is -0.481 e. The van der Waals surface area contributed by atoms with Crippen LogP contribution in [0.3, 0.4) is 0 Å². The van der Waals surface area contributed by atoms with Gasteiger partial charge in [0.25, 0.3) is 11.8 Å². The van der Waals surface area contributed by atoms with Crippen LogP contribution in [0.15, 0.2) is 24.8 Å². The number of nitrogens with one attached hydrogen (secondary N) is 1. The molecule has 1 aromatic rings. The second kappa shape index (κ2) is 6.88. The molecule has 0 aromatic heterocycles. The molecule has 4 unspecified atom stereocenters. The first kappa shape index (κ1) is 22.0. The third-order valence-electron chi connectivity index (χ3n) is 6.50. The number of fused-ring (bicyclic) bond motifs is 4. The average Bonchev–Trinajstić information content (AvgIpc) is 3.21. The van der Waals surface area contributed by atoms with Gasteiger partial charge in [-0.2, -0.15) is 0 Å². The summed E-state index contributed by atoms with van der Waals surface area (Å²) in [7, 11) is 0. The molecule has 2 fully saturated rings. The molecule has 1 amide bonds. The van der Waals surface area contributed by atoms with Crippen molar-refractivity contribution in [3.8, 4) is 0 Å². The van der Waals surface area contributed by atoms with E-state index < -0.39 is 59.6 Å². The van der Waals surface area contributed by atoms with Gasteiger partial charge in [0.1, 0.15) is 18.1 Å². The smallest absolute Gasteiger partial charge is 0.314 e. The van der Waals surface area contributed by atoms with Gasteiger partial charge in [-0.05, 0) is 19.1 Å². The van der Waals surface area contributed by atoms with E-state index in [-0.39, 0.29) is 27.9 Å². The van der Waals surface area contributed by atoms with Crippen LogP contribution in [0.2, 0.25) is 10.0 Å². The van der Waals surface area contributed by atoms with Gasteiger partial charge in [0.2, 0.25) is 0 Å². The Balaban J connectivity index is 2.03. The number of carbonyl (C=O) groups is 3. The molecule has 3 heterocycles. The van der Waals surface area contributed by atoms with E-state index in [1.54, 1.807) is 0 Å².